The summed E-state index contributed by atoms with van der Waals surface area (Å²) in [5.41, 5.74) is 3.37. The van der Waals surface area contributed by atoms with Gasteiger partial charge in [-0.05, 0) is 58.2 Å². The molecule has 0 aliphatic heterocycles. The largest absolute Gasteiger partial charge is 0.444 e. The Morgan fingerprint density at radius 1 is 1.26 bits per heavy atom. The van der Waals surface area contributed by atoms with E-state index in [1.54, 1.807) is 12.4 Å². The lowest BCUT2D eigenvalue weighted by atomic mass is 10.0. The average molecular weight is 367 g/mol. The normalized spacial score (nSPS) is 12.7. The fourth-order valence-electron chi connectivity index (χ4n) is 2.82. The number of carbonyl (C=O) groups is 1. The molecule has 0 bridgehead atoms. The molecule has 0 spiro atoms. The highest BCUT2D eigenvalue weighted by Gasteiger charge is 2.17. The number of fused-ring (bicyclic) bond motifs is 1. The van der Waals surface area contributed by atoms with E-state index < -0.39 is 5.60 Å². The van der Waals surface area contributed by atoms with E-state index in [9.17, 15) is 4.79 Å². The molecule has 3 rings (SSSR count). The van der Waals surface area contributed by atoms with Gasteiger partial charge in [0, 0.05) is 29.4 Å². The Labute approximate surface area is 158 Å². The van der Waals surface area contributed by atoms with Crippen LogP contribution in [-0.2, 0) is 11.2 Å². The van der Waals surface area contributed by atoms with Gasteiger partial charge in [0.1, 0.15) is 17.6 Å². The molecular weight excluding hydrogens is 342 g/mol. The summed E-state index contributed by atoms with van der Waals surface area (Å²) in [5.74, 6) is 0. The summed E-state index contributed by atoms with van der Waals surface area (Å²) >= 11 is 0. The van der Waals surface area contributed by atoms with Gasteiger partial charge in [-0.25, -0.2) is 14.8 Å². The number of hydrogen-bond acceptors (Lipinski definition) is 5. The molecule has 0 aliphatic rings. The first-order valence-corrected chi connectivity index (χ1v) is 9.04. The van der Waals surface area contributed by atoms with Crippen LogP contribution in [0.15, 0.2) is 36.9 Å². The van der Waals surface area contributed by atoms with Crippen LogP contribution in [0.4, 0.5) is 4.79 Å². The SMILES string of the molecule is C[C@@H](CCc1ccc2[nH]nc(-c3cncnc3)c2c1)NC(=O)OC(C)(C)C. The maximum atomic E-state index is 11.9. The lowest BCUT2D eigenvalue weighted by molar-refractivity contribution is 0.0506. The number of aryl methyl sites for hydroxylation is 1. The Kier molecular flexibility index (Phi) is 5.39. The summed E-state index contributed by atoms with van der Waals surface area (Å²) in [6.07, 6.45) is 6.27. The van der Waals surface area contributed by atoms with E-state index >= 15 is 0 Å². The Balaban J connectivity index is 1.66. The maximum absolute atomic E-state index is 11.9. The predicted octanol–water partition coefficient (Wildman–Crippen LogP) is 3.87. The summed E-state index contributed by atoms with van der Waals surface area (Å²) in [5, 5.41) is 11.4. The van der Waals surface area contributed by atoms with Crippen molar-refractivity contribution in [2.24, 2.45) is 0 Å². The number of benzene rings is 1. The number of nitrogens with one attached hydrogen (secondary N) is 2. The van der Waals surface area contributed by atoms with E-state index in [2.05, 4.69) is 37.6 Å². The van der Waals surface area contributed by atoms with Crippen molar-refractivity contribution in [2.45, 2.75) is 52.2 Å². The van der Waals surface area contributed by atoms with Crippen LogP contribution in [0.3, 0.4) is 0 Å². The number of H-pyrrole nitrogens is 1. The quantitative estimate of drug-likeness (QED) is 0.714. The topological polar surface area (TPSA) is 92.8 Å². The highest BCUT2D eigenvalue weighted by Crippen LogP contribution is 2.26. The Morgan fingerprint density at radius 2 is 2.00 bits per heavy atom. The van der Waals surface area contributed by atoms with Crippen molar-refractivity contribution in [3.05, 3.63) is 42.5 Å². The van der Waals surface area contributed by atoms with Crippen LogP contribution in [0, 0.1) is 0 Å². The van der Waals surface area contributed by atoms with Crippen LogP contribution in [-0.4, -0.2) is 37.9 Å². The van der Waals surface area contributed by atoms with Gasteiger partial charge in [0.05, 0.1) is 5.52 Å². The van der Waals surface area contributed by atoms with Crippen molar-refractivity contribution >= 4 is 17.0 Å². The van der Waals surface area contributed by atoms with Gasteiger partial charge >= 0.3 is 6.09 Å². The minimum atomic E-state index is -0.492. The van der Waals surface area contributed by atoms with E-state index in [-0.39, 0.29) is 12.1 Å². The van der Waals surface area contributed by atoms with Crippen LogP contribution in [0.25, 0.3) is 22.2 Å². The predicted molar refractivity (Wildman–Crippen MR) is 104 cm³/mol. The van der Waals surface area contributed by atoms with E-state index in [1.165, 1.54) is 11.9 Å². The van der Waals surface area contributed by atoms with Crippen LogP contribution in [0.2, 0.25) is 0 Å². The monoisotopic (exact) mass is 367 g/mol. The molecule has 2 aromatic heterocycles. The highest BCUT2D eigenvalue weighted by molar-refractivity contribution is 5.92. The Bertz CT molecular complexity index is 915. The van der Waals surface area contributed by atoms with Crippen molar-refractivity contribution < 1.29 is 9.53 Å². The summed E-state index contributed by atoms with van der Waals surface area (Å²) in [6.45, 7) is 7.54. The number of rotatable bonds is 5. The Hall–Kier alpha value is -2.96. The molecule has 0 saturated heterocycles. The number of carbonyl (C=O) groups excluding carboxylic acids is 1. The first kappa shape index (κ1) is 18.8. The van der Waals surface area contributed by atoms with Crippen LogP contribution in [0.5, 0.6) is 0 Å². The van der Waals surface area contributed by atoms with E-state index in [0.717, 1.165) is 35.0 Å². The van der Waals surface area contributed by atoms with Gasteiger partial charge in [-0.3, -0.25) is 5.10 Å². The molecule has 3 aromatic rings. The van der Waals surface area contributed by atoms with Crippen LogP contribution in [0.1, 0.15) is 39.7 Å². The lowest BCUT2D eigenvalue weighted by Crippen LogP contribution is -2.37. The van der Waals surface area contributed by atoms with Crippen molar-refractivity contribution in [3.63, 3.8) is 0 Å². The standard InChI is InChI=1S/C20H25N5O2/c1-13(23-19(26)27-20(2,3)4)5-6-14-7-8-17-16(9-14)18(25-24-17)15-10-21-12-22-11-15/h7-13H,5-6H2,1-4H3,(H,23,26)(H,24,25)/t13-/m0/s1. The van der Waals surface area contributed by atoms with Crippen LogP contribution < -0.4 is 5.32 Å². The van der Waals surface area contributed by atoms with E-state index in [4.69, 9.17) is 4.74 Å². The van der Waals surface area contributed by atoms with Gasteiger partial charge < -0.3 is 10.1 Å². The summed E-state index contributed by atoms with van der Waals surface area (Å²) in [4.78, 5) is 20.0. The van der Waals surface area contributed by atoms with Gasteiger partial charge in [0.15, 0.2) is 0 Å². The molecule has 0 unspecified atom stereocenters. The third-order valence-corrected chi connectivity index (χ3v) is 4.09. The molecule has 2 N–H and O–H groups in total. The molecule has 0 radical (unpaired) electrons. The minimum Gasteiger partial charge on any atom is -0.444 e. The highest BCUT2D eigenvalue weighted by atomic mass is 16.6. The van der Waals surface area contributed by atoms with Gasteiger partial charge in [0.25, 0.3) is 0 Å². The molecule has 2 heterocycles. The molecule has 7 heteroatoms. The summed E-state index contributed by atoms with van der Waals surface area (Å²) in [7, 11) is 0. The number of nitrogens with zero attached hydrogens (tertiary/aromatic N) is 3. The van der Waals surface area contributed by atoms with Gasteiger partial charge in [-0.1, -0.05) is 6.07 Å². The molecule has 0 saturated carbocycles. The third-order valence-electron chi connectivity index (χ3n) is 4.09. The van der Waals surface area contributed by atoms with Crippen LogP contribution >= 0.6 is 0 Å². The molecule has 142 valence electrons. The smallest absolute Gasteiger partial charge is 0.407 e. The molecule has 1 amide bonds. The van der Waals surface area contributed by atoms with E-state index in [1.807, 2.05) is 33.8 Å². The number of aromatic amines is 1. The minimum absolute atomic E-state index is 0.0156. The first-order chi connectivity index (χ1) is 12.8. The molecule has 1 aromatic carbocycles. The zero-order valence-corrected chi connectivity index (χ0v) is 16.1. The molecule has 0 aliphatic carbocycles. The summed E-state index contributed by atoms with van der Waals surface area (Å²) < 4.78 is 5.30. The number of hydrogen-bond donors (Lipinski definition) is 2. The molecule has 27 heavy (non-hydrogen) atoms. The number of alkyl carbamates (subject to hydrolysis) is 1. The van der Waals surface area contributed by atoms with Crippen molar-refractivity contribution in [2.75, 3.05) is 0 Å². The van der Waals surface area contributed by atoms with Gasteiger partial charge in [0.2, 0.25) is 0 Å². The second kappa shape index (κ2) is 7.73. The zero-order chi connectivity index (χ0) is 19.4. The zero-order valence-electron chi connectivity index (χ0n) is 16.1. The third kappa shape index (κ3) is 5.03. The molecular formula is C20H25N5O2. The second-order valence-electron chi connectivity index (χ2n) is 7.67. The first-order valence-electron chi connectivity index (χ1n) is 9.04. The van der Waals surface area contributed by atoms with Crippen molar-refractivity contribution in [3.8, 4) is 11.3 Å². The molecule has 7 nitrogen and oxygen atoms in total. The maximum Gasteiger partial charge on any atom is 0.407 e. The number of amides is 1. The van der Waals surface area contributed by atoms with Gasteiger partial charge in [-0.15, -0.1) is 0 Å². The summed E-state index contributed by atoms with van der Waals surface area (Å²) in [6, 6.07) is 6.24. The second-order valence-corrected chi connectivity index (χ2v) is 7.67. The lowest BCUT2D eigenvalue weighted by Gasteiger charge is -2.22. The number of ether oxygens (including phenoxy) is 1. The average Bonchev–Trinajstić information content (AvgIpc) is 3.02. The van der Waals surface area contributed by atoms with Crippen molar-refractivity contribution in [1.29, 1.82) is 0 Å². The Morgan fingerprint density at radius 3 is 2.70 bits per heavy atom. The number of aromatic nitrogens is 4. The fraction of sp³-hybridized carbons (Fsp3) is 0.400. The molecule has 0 fully saturated rings. The fourth-order valence-corrected chi connectivity index (χ4v) is 2.82. The molecule has 1 atom stereocenters. The van der Waals surface area contributed by atoms with E-state index in [0.29, 0.717) is 0 Å². The van der Waals surface area contributed by atoms with Crippen molar-refractivity contribution in [1.82, 2.24) is 25.5 Å². The van der Waals surface area contributed by atoms with Gasteiger partial charge in [-0.2, -0.15) is 5.10 Å².